The first-order chi connectivity index (χ1) is 12.2. The van der Waals surface area contributed by atoms with Crippen molar-refractivity contribution in [3.05, 3.63) is 65.7 Å². The van der Waals surface area contributed by atoms with Crippen molar-refractivity contribution in [2.24, 2.45) is 5.92 Å². The van der Waals surface area contributed by atoms with Gasteiger partial charge < -0.3 is 5.32 Å². The summed E-state index contributed by atoms with van der Waals surface area (Å²) in [5, 5.41) is 14.3. The van der Waals surface area contributed by atoms with E-state index in [1.165, 1.54) is 18.4 Å². The normalized spacial score (nSPS) is 15.1. The number of hydrogen-bond acceptors (Lipinski definition) is 3. The Morgan fingerprint density at radius 1 is 1.36 bits per heavy atom. The van der Waals surface area contributed by atoms with Gasteiger partial charge in [0.25, 0.3) is 5.91 Å². The van der Waals surface area contributed by atoms with Gasteiger partial charge in [-0.2, -0.15) is 10.2 Å². The molecular weight excluding hydrogens is 314 g/mol. The van der Waals surface area contributed by atoms with Crippen molar-refractivity contribution in [3.8, 4) is 0 Å². The highest BCUT2D eigenvalue weighted by Gasteiger charge is 2.29. The molecule has 1 saturated carbocycles. The maximum atomic E-state index is 12.4. The maximum absolute atomic E-state index is 12.4. The molecule has 3 aromatic rings. The van der Waals surface area contributed by atoms with Gasteiger partial charge in [0.2, 0.25) is 0 Å². The van der Waals surface area contributed by atoms with Crippen molar-refractivity contribution in [1.82, 2.24) is 20.0 Å². The maximum Gasteiger partial charge on any atom is 0.276 e. The number of aromatic nitrogens is 4. The number of rotatable bonds is 6. The number of anilines is 1. The summed E-state index contributed by atoms with van der Waals surface area (Å²) in [5.41, 5.74) is 3.17. The van der Waals surface area contributed by atoms with Gasteiger partial charge in [-0.05, 0) is 37.3 Å². The standard InChI is InChI=1S/C19H21N5O/c1-13(15-7-8-15)24-12-17(11-20-24)21-19(25)18-10-16(22-23-18)9-14-5-3-2-4-6-14/h2-6,10-13,15H,7-9H2,1H3,(H,21,25)(H,22,23). The molecule has 0 aliphatic heterocycles. The molecule has 6 nitrogen and oxygen atoms in total. The van der Waals surface area contributed by atoms with E-state index < -0.39 is 0 Å². The summed E-state index contributed by atoms with van der Waals surface area (Å²) in [4.78, 5) is 12.4. The molecule has 0 radical (unpaired) electrons. The van der Waals surface area contributed by atoms with E-state index in [-0.39, 0.29) is 5.91 Å². The summed E-state index contributed by atoms with van der Waals surface area (Å²) >= 11 is 0. The summed E-state index contributed by atoms with van der Waals surface area (Å²) in [6, 6.07) is 12.3. The molecule has 2 heterocycles. The Morgan fingerprint density at radius 3 is 2.92 bits per heavy atom. The van der Waals surface area contributed by atoms with Crippen LogP contribution in [0.2, 0.25) is 0 Å². The highest BCUT2D eigenvalue weighted by Crippen LogP contribution is 2.39. The number of amides is 1. The van der Waals surface area contributed by atoms with Gasteiger partial charge in [-0.3, -0.25) is 14.6 Å². The smallest absolute Gasteiger partial charge is 0.276 e. The third-order valence-corrected chi connectivity index (χ3v) is 4.68. The first kappa shape index (κ1) is 15.6. The van der Waals surface area contributed by atoms with Gasteiger partial charge in [-0.25, -0.2) is 0 Å². The first-order valence-electron chi connectivity index (χ1n) is 8.63. The Balaban J connectivity index is 1.39. The molecule has 1 aliphatic carbocycles. The number of H-pyrrole nitrogens is 1. The number of carbonyl (C=O) groups is 1. The molecule has 2 aromatic heterocycles. The van der Waals surface area contributed by atoms with Crippen LogP contribution in [-0.2, 0) is 6.42 Å². The van der Waals surface area contributed by atoms with Gasteiger partial charge in [0.1, 0.15) is 0 Å². The number of nitrogens with zero attached hydrogens (tertiary/aromatic N) is 3. The van der Waals surface area contributed by atoms with Gasteiger partial charge in [-0.15, -0.1) is 0 Å². The van der Waals surface area contributed by atoms with E-state index in [2.05, 4.69) is 39.7 Å². The zero-order chi connectivity index (χ0) is 17.2. The predicted octanol–water partition coefficient (Wildman–Crippen LogP) is 3.42. The van der Waals surface area contributed by atoms with Crippen LogP contribution in [0.15, 0.2) is 48.8 Å². The summed E-state index contributed by atoms with van der Waals surface area (Å²) in [5.74, 6) is 0.490. The highest BCUT2D eigenvalue weighted by atomic mass is 16.1. The van der Waals surface area contributed by atoms with Crippen molar-refractivity contribution >= 4 is 11.6 Å². The topological polar surface area (TPSA) is 75.6 Å². The number of benzene rings is 1. The quantitative estimate of drug-likeness (QED) is 0.725. The number of aromatic amines is 1. The minimum atomic E-state index is -0.228. The third-order valence-electron chi connectivity index (χ3n) is 4.68. The molecule has 1 aliphatic rings. The van der Waals surface area contributed by atoms with Gasteiger partial charge in [0.05, 0.1) is 17.9 Å². The number of carbonyl (C=O) groups excluding carboxylic acids is 1. The van der Waals surface area contributed by atoms with Crippen LogP contribution >= 0.6 is 0 Å². The Labute approximate surface area is 146 Å². The lowest BCUT2D eigenvalue weighted by molar-refractivity contribution is 0.102. The summed E-state index contributed by atoms with van der Waals surface area (Å²) in [6.45, 7) is 2.17. The minimum Gasteiger partial charge on any atom is -0.318 e. The molecule has 25 heavy (non-hydrogen) atoms. The van der Waals surface area contributed by atoms with Crippen molar-refractivity contribution in [3.63, 3.8) is 0 Å². The van der Waals surface area contributed by atoms with E-state index in [4.69, 9.17) is 0 Å². The molecule has 6 heteroatoms. The van der Waals surface area contributed by atoms with Gasteiger partial charge in [-0.1, -0.05) is 30.3 Å². The molecule has 4 rings (SSSR count). The number of hydrogen-bond donors (Lipinski definition) is 2. The lowest BCUT2D eigenvalue weighted by Gasteiger charge is -2.09. The second-order valence-electron chi connectivity index (χ2n) is 6.68. The Hall–Kier alpha value is -2.89. The van der Waals surface area contributed by atoms with Crippen LogP contribution in [0.1, 0.15) is 47.6 Å². The van der Waals surface area contributed by atoms with E-state index >= 15 is 0 Å². The largest absolute Gasteiger partial charge is 0.318 e. The molecule has 1 amide bonds. The second-order valence-corrected chi connectivity index (χ2v) is 6.68. The van der Waals surface area contributed by atoms with Crippen LogP contribution in [0.25, 0.3) is 0 Å². The predicted molar refractivity (Wildman–Crippen MR) is 95.5 cm³/mol. The van der Waals surface area contributed by atoms with Gasteiger partial charge in [0, 0.05) is 18.3 Å². The molecule has 0 bridgehead atoms. The Bertz CT molecular complexity index is 863. The van der Waals surface area contributed by atoms with Crippen molar-refractivity contribution in [2.45, 2.75) is 32.2 Å². The summed E-state index contributed by atoms with van der Waals surface area (Å²) in [6.07, 6.45) is 6.82. The van der Waals surface area contributed by atoms with Crippen LogP contribution < -0.4 is 5.32 Å². The monoisotopic (exact) mass is 335 g/mol. The molecule has 2 N–H and O–H groups in total. The minimum absolute atomic E-state index is 0.228. The van der Waals surface area contributed by atoms with Gasteiger partial charge >= 0.3 is 0 Å². The van der Waals surface area contributed by atoms with Crippen molar-refractivity contribution in [1.29, 1.82) is 0 Å². The van der Waals surface area contributed by atoms with Crippen LogP contribution in [0, 0.1) is 5.92 Å². The Morgan fingerprint density at radius 2 is 2.16 bits per heavy atom. The zero-order valence-electron chi connectivity index (χ0n) is 14.1. The molecule has 0 spiro atoms. The van der Waals surface area contributed by atoms with Crippen molar-refractivity contribution in [2.75, 3.05) is 5.32 Å². The van der Waals surface area contributed by atoms with E-state index in [1.54, 1.807) is 12.3 Å². The molecule has 0 saturated heterocycles. The second kappa shape index (κ2) is 6.55. The fourth-order valence-electron chi connectivity index (χ4n) is 3.00. The molecule has 1 fully saturated rings. The molecule has 1 unspecified atom stereocenters. The lowest BCUT2D eigenvalue weighted by Crippen LogP contribution is -2.12. The zero-order valence-corrected chi connectivity index (χ0v) is 14.1. The average Bonchev–Trinajstić information content (AvgIpc) is 3.19. The number of nitrogens with one attached hydrogen (secondary N) is 2. The Kier molecular flexibility index (Phi) is 4.09. The van der Waals surface area contributed by atoms with Crippen LogP contribution in [0.5, 0.6) is 0 Å². The molecule has 1 atom stereocenters. The van der Waals surface area contributed by atoms with E-state index in [0.717, 1.165) is 18.0 Å². The van der Waals surface area contributed by atoms with Gasteiger partial charge in [0.15, 0.2) is 5.69 Å². The lowest BCUT2D eigenvalue weighted by atomic mass is 10.1. The third kappa shape index (κ3) is 3.63. The van der Waals surface area contributed by atoms with Crippen LogP contribution in [0.4, 0.5) is 5.69 Å². The molecule has 1 aromatic carbocycles. The van der Waals surface area contributed by atoms with Crippen LogP contribution in [-0.4, -0.2) is 25.9 Å². The molecule has 128 valence electrons. The summed E-state index contributed by atoms with van der Waals surface area (Å²) < 4.78 is 1.93. The van der Waals surface area contributed by atoms with E-state index in [0.29, 0.717) is 17.4 Å². The van der Waals surface area contributed by atoms with Crippen molar-refractivity contribution < 1.29 is 4.79 Å². The fraction of sp³-hybridized carbons (Fsp3) is 0.316. The highest BCUT2D eigenvalue weighted by molar-refractivity contribution is 6.02. The van der Waals surface area contributed by atoms with E-state index in [9.17, 15) is 4.79 Å². The van der Waals surface area contributed by atoms with Crippen LogP contribution in [0.3, 0.4) is 0 Å². The SMILES string of the molecule is CC(C1CC1)n1cc(NC(=O)c2cc(Cc3ccccc3)[nH]n2)cn1. The average molecular weight is 335 g/mol. The first-order valence-corrected chi connectivity index (χ1v) is 8.63. The molecular formula is C19H21N5O. The summed E-state index contributed by atoms with van der Waals surface area (Å²) in [7, 11) is 0. The fourth-order valence-corrected chi connectivity index (χ4v) is 3.00. The van der Waals surface area contributed by atoms with E-state index in [1.807, 2.05) is 29.1 Å².